The van der Waals surface area contributed by atoms with E-state index in [1.54, 1.807) is 0 Å². The van der Waals surface area contributed by atoms with Gasteiger partial charge in [0.2, 0.25) is 0 Å². The molecule has 3 fully saturated rings. The molecule has 2 unspecified atom stereocenters. The Balaban J connectivity index is 1.55. The molecule has 0 aromatic carbocycles. The first-order chi connectivity index (χ1) is 9.56. The molecular weight excluding hydrogens is 246 g/mol. The average molecular weight is 279 g/mol. The third-order valence-corrected chi connectivity index (χ3v) is 5.80. The quantitative estimate of drug-likeness (QED) is 0.785. The van der Waals surface area contributed by atoms with Crippen LogP contribution in [0.1, 0.15) is 53.4 Å². The van der Waals surface area contributed by atoms with E-state index in [4.69, 9.17) is 0 Å². The summed E-state index contributed by atoms with van der Waals surface area (Å²) in [7, 11) is 0. The molecule has 1 aliphatic carbocycles. The van der Waals surface area contributed by atoms with Crippen molar-refractivity contribution >= 4 is 0 Å². The van der Waals surface area contributed by atoms with Crippen molar-refractivity contribution in [3.05, 3.63) is 0 Å². The van der Waals surface area contributed by atoms with Gasteiger partial charge in [-0.3, -0.25) is 9.80 Å². The van der Waals surface area contributed by atoms with Crippen LogP contribution in [-0.2, 0) is 0 Å². The van der Waals surface area contributed by atoms with Crippen molar-refractivity contribution in [3.63, 3.8) is 0 Å². The normalized spacial score (nSPS) is 35.9. The third-order valence-electron chi connectivity index (χ3n) is 5.80. The number of likely N-dealkylation sites (tertiary alicyclic amines) is 1. The van der Waals surface area contributed by atoms with Crippen molar-refractivity contribution < 1.29 is 0 Å². The molecule has 0 aromatic rings. The molecule has 2 heterocycles. The minimum atomic E-state index is 0.721. The van der Waals surface area contributed by atoms with E-state index in [9.17, 15) is 0 Å². The fourth-order valence-corrected chi connectivity index (χ4v) is 4.34. The highest BCUT2D eigenvalue weighted by atomic mass is 15.3. The van der Waals surface area contributed by atoms with Gasteiger partial charge in [0.25, 0.3) is 0 Å². The van der Waals surface area contributed by atoms with Gasteiger partial charge in [0.1, 0.15) is 0 Å². The van der Waals surface area contributed by atoms with E-state index in [-0.39, 0.29) is 0 Å². The first-order valence-electron chi connectivity index (χ1n) is 8.81. The van der Waals surface area contributed by atoms with Crippen LogP contribution in [0.3, 0.4) is 0 Å². The predicted molar refractivity (Wildman–Crippen MR) is 85.1 cm³/mol. The Kier molecular flexibility index (Phi) is 4.40. The lowest BCUT2D eigenvalue weighted by molar-refractivity contribution is -0.0109. The molecule has 3 heteroatoms. The molecule has 0 spiro atoms. The average Bonchev–Trinajstić information content (AvgIpc) is 3.25. The number of nitrogens with zero attached hydrogens (tertiary/aromatic N) is 3. The maximum absolute atomic E-state index is 2.83. The lowest BCUT2D eigenvalue weighted by atomic mass is 9.97. The molecule has 20 heavy (non-hydrogen) atoms. The monoisotopic (exact) mass is 279 g/mol. The van der Waals surface area contributed by atoms with Crippen LogP contribution in [0.5, 0.6) is 0 Å². The maximum atomic E-state index is 2.83. The summed E-state index contributed by atoms with van der Waals surface area (Å²) in [4.78, 5) is 8.26. The van der Waals surface area contributed by atoms with E-state index >= 15 is 0 Å². The Bertz CT molecular complexity index is 318. The Morgan fingerprint density at radius 2 is 1.20 bits per heavy atom. The molecule has 2 atom stereocenters. The molecular formula is C17H33N3. The van der Waals surface area contributed by atoms with Crippen LogP contribution in [-0.4, -0.2) is 71.1 Å². The second kappa shape index (κ2) is 5.94. The summed E-state index contributed by atoms with van der Waals surface area (Å²) in [5.41, 5.74) is 0. The lowest BCUT2D eigenvalue weighted by Crippen LogP contribution is -2.61. The second-order valence-corrected chi connectivity index (χ2v) is 7.68. The molecule has 2 saturated heterocycles. The Morgan fingerprint density at radius 3 is 1.60 bits per heavy atom. The lowest BCUT2D eigenvalue weighted by Gasteiger charge is -2.49. The summed E-state index contributed by atoms with van der Waals surface area (Å²) < 4.78 is 0. The minimum absolute atomic E-state index is 0.721. The largest absolute Gasteiger partial charge is 0.301 e. The summed E-state index contributed by atoms with van der Waals surface area (Å²) in [5, 5.41) is 0. The van der Waals surface area contributed by atoms with E-state index in [1.807, 2.05) is 0 Å². The maximum Gasteiger partial charge on any atom is 0.0198 e. The van der Waals surface area contributed by atoms with Gasteiger partial charge in [-0.15, -0.1) is 0 Å². The van der Waals surface area contributed by atoms with E-state index in [0.29, 0.717) is 0 Å². The van der Waals surface area contributed by atoms with E-state index < -0.39 is 0 Å². The van der Waals surface area contributed by atoms with Crippen molar-refractivity contribution in [2.75, 3.05) is 26.2 Å². The van der Waals surface area contributed by atoms with Gasteiger partial charge in [0, 0.05) is 43.3 Å². The SMILES string of the molecule is CC(C)N1CCC(N2CC(C)N(C3CC3)CC2C)CC1. The Morgan fingerprint density at radius 1 is 0.750 bits per heavy atom. The predicted octanol–water partition coefficient (Wildman–Crippen LogP) is 2.42. The van der Waals surface area contributed by atoms with Gasteiger partial charge < -0.3 is 4.90 Å². The first kappa shape index (κ1) is 14.8. The van der Waals surface area contributed by atoms with Gasteiger partial charge in [-0.2, -0.15) is 0 Å². The van der Waals surface area contributed by atoms with Gasteiger partial charge in [-0.05, 0) is 66.5 Å². The van der Waals surface area contributed by atoms with Crippen LogP contribution in [0, 0.1) is 0 Å². The minimum Gasteiger partial charge on any atom is -0.301 e. The van der Waals surface area contributed by atoms with Gasteiger partial charge >= 0.3 is 0 Å². The van der Waals surface area contributed by atoms with Crippen molar-refractivity contribution in [3.8, 4) is 0 Å². The zero-order valence-corrected chi connectivity index (χ0v) is 13.9. The molecule has 0 bridgehead atoms. The van der Waals surface area contributed by atoms with E-state index in [0.717, 1.165) is 30.2 Å². The van der Waals surface area contributed by atoms with Gasteiger partial charge in [-0.25, -0.2) is 0 Å². The van der Waals surface area contributed by atoms with E-state index in [1.165, 1.54) is 51.9 Å². The van der Waals surface area contributed by atoms with Crippen molar-refractivity contribution in [2.45, 2.75) is 83.6 Å². The molecule has 0 N–H and O–H groups in total. The van der Waals surface area contributed by atoms with Crippen LogP contribution >= 0.6 is 0 Å². The molecule has 0 aromatic heterocycles. The fraction of sp³-hybridized carbons (Fsp3) is 1.00. The van der Waals surface area contributed by atoms with Crippen LogP contribution in [0.25, 0.3) is 0 Å². The van der Waals surface area contributed by atoms with E-state index in [2.05, 4.69) is 42.4 Å². The first-order valence-corrected chi connectivity index (χ1v) is 8.81. The highest BCUT2D eigenvalue weighted by Crippen LogP contribution is 2.33. The van der Waals surface area contributed by atoms with Crippen molar-refractivity contribution in [1.82, 2.24) is 14.7 Å². The van der Waals surface area contributed by atoms with Crippen LogP contribution in [0.15, 0.2) is 0 Å². The summed E-state index contributed by atoms with van der Waals surface area (Å²) in [6.07, 6.45) is 5.64. The Hall–Kier alpha value is -0.120. The molecule has 3 rings (SSSR count). The summed E-state index contributed by atoms with van der Waals surface area (Å²) in [5.74, 6) is 0. The summed E-state index contributed by atoms with van der Waals surface area (Å²) in [6.45, 7) is 14.8. The van der Waals surface area contributed by atoms with Crippen LogP contribution in [0.4, 0.5) is 0 Å². The molecule has 1 saturated carbocycles. The van der Waals surface area contributed by atoms with Gasteiger partial charge in [0.05, 0.1) is 0 Å². The highest BCUT2D eigenvalue weighted by molar-refractivity contribution is 4.96. The van der Waals surface area contributed by atoms with Gasteiger partial charge in [-0.1, -0.05) is 0 Å². The molecule has 0 amide bonds. The highest BCUT2D eigenvalue weighted by Gasteiger charge is 2.40. The molecule has 0 radical (unpaired) electrons. The molecule has 3 nitrogen and oxygen atoms in total. The van der Waals surface area contributed by atoms with Crippen LogP contribution < -0.4 is 0 Å². The third kappa shape index (κ3) is 3.05. The molecule has 2 aliphatic heterocycles. The molecule has 116 valence electrons. The van der Waals surface area contributed by atoms with Crippen LogP contribution in [0.2, 0.25) is 0 Å². The standard InChI is InChI=1S/C17H33N3/c1-13(2)18-9-7-17(8-10-18)20-12-14(3)19(11-15(20)4)16-5-6-16/h13-17H,5-12H2,1-4H3. The zero-order chi connectivity index (χ0) is 14.3. The topological polar surface area (TPSA) is 9.72 Å². The number of rotatable bonds is 3. The van der Waals surface area contributed by atoms with Crippen molar-refractivity contribution in [1.29, 1.82) is 0 Å². The number of hydrogen-bond donors (Lipinski definition) is 0. The van der Waals surface area contributed by atoms with Crippen molar-refractivity contribution in [2.24, 2.45) is 0 Å². The molecule has 3 aliphatic rings. The second-order valence-electron chi connectivity index (χ2n) is 7.68. The summed E-state index contributed by atoms with van der Waals surface area (Å²) >= 11 is 0. The number of piperidine rings is 1. The smallest absolute Gasteiger partial charge is 0.0198 e. The van der Waals surface area contributed by atoms with Gasteiger partial charge in [0.15, 0.2) is 0 Å². The Labute approximate surface area is 125 Å². The summed E-state index contributed by atoms with van der Waals surface area (Å²) in [6, 6.07) is 4.00. The zero-order valence-electron chi connectivity index (χ0n) is 13.9. The fourth-order valence-electron chi connectivity index (χ4n) is 4.34. The number of hydrogen-bond acceptors (Lipinski definition) is 3. The number of piperazine rings is 1.